The summed E-state index contributed by atoms with van der Waals surface area (Å²) < 4.78 is 1.94. The average Bonchev–Trinajstić information content (AvgIpc) is 3.28. The number of pyridine rings is 1. The number of hydrogen-bond donors (Lipinski definition) is 1. The summed E-state index contributed by atoms with van der Waals surface area (Å²) in [6.07, 6.45) is 6.81. The molecular formula is C26H26ClN5OS. The monoisotopic (exact) mass is 491 g/mol. The van der Waals surface area contributed by atoms with E-state index in [1.165, 1.54) is 17.3 Å². The van der Waals surface area contributed by atoms with E-state index in [-0.39, 0.29) is 11.7 Å². The van der Waals surface area contributed by atoms with Crippen LogP contribution in [0.1, 0.15) is 30.9 Å². The first kappa shape index (κ1) is 24.0. The standard InChI is InChI=1S/C26H26ClN5OS/c1-3-4-6-19-9-11-21(12-10-19)29-24(33)17-34-26-31-30-25(20-13-15-28-16-14-20)32(26)23-8-5-7-22(27)18(23)2/h5,7-16H,3-4,6,17H2,1-2H3,(H,29,33). The molecule has 0 saturated carbocycles. The van der Waals surface area contributed by atoms with Crippen molar-refractivity contribution >= 4 is 35.0 Å². The summed E-state index contributed by atoms with van der Waals surface area (Å²) in [4.78, 5) is 16.8. The van der Waals surface area contributed by atoms with Crippen molar-refractivity contribution in [1.29, 1.82) is 0 Å². The van der Waals surface area contributed by atoms with E-state index < -0.39 is 0 Å². The number of anilines is 1. The van der Waals surface area contributed by atoms with Crippen LogP contribution in [0.4, 0.5) is 5.69 Å². The highest BCUT2D eigenvalue weighted by molar-refractivity contribution is 7.99. The number of rotatable bonds is 9. The maximum absolute atomic E-state index is 12.7. The molecule has 0 aliphatic rings. The first-order valence-corrected chi connectivity index (χ1v) is 12.6. The van der Waals surface area contributed by atoms with Crippen molar-refractivity contribution in [1.82, 2.24) is 19.7 Å². The van der Waals surface area contributed by atoms with Gasteiger partial charge in [0.05, 0.1) is 11.4 Å². The first-order valence-electron chi connectivity index (χ1n) is 11.2. The lowest BCUT2D eigenvalue weighted by Gasteiger charge is -2.14. The molecule has 0 aliphatic carbocycles. The van der Waals surface area contributed by atoms with Gasteiger partial charge in [0.15, 0.2) is 11.0 Å². The number of nitrogens with one attached hydrogen (secondary N) is 1. The second-order valence-corrected chi connectivity index (χ2v) is 9.25. The van der Waals surface area contributed by atoms with E-state index in [4.69, 9.17) is 11.6 Å². The number of amides is 1. The second kappa shape index (κ2) is 11.3. The van der Waals surface area contributed by atoms with Crippen LogP contribution < -0.4 is 5.32 Å². The number of aromatic nitrogens is 4. The van der Waals surface area contributed by atoms with Crippen LogP contribution in [0.2, 0.25) is 5.02 Å². The highest BCUT2D eigenvalue weighted by Crippen LogP contribution is 2.31. The third kappa shape index (κ3) is 5.66. The zero-order chi connectivity index (χ0) is 23.9. The maximum atomic E-state index is 12.7. The Morgan fingerprint density at radius 2 is 1.82 bits per heavy atom. The summed E-state index contributed by atoms with van der Waals surface area (Å²) >= 11 is 7.74. The molecule has 2 heterocycles. The summed E-state index contributed by atoms with van der Waals surface area (Å²) in [6.45, 7) is 4.14. The van der Waals surface area contributed by atoms with Crippen molar-refractivity contribution in [2.24, 2.45) is 0 Å². The highest BCUT2D eigenvalue weighted by atomic mass is 35.5. The lowest BCUT2D eigenvalue weighted by atomic mass is 10.1. The Kier molecular flexibility index (Phi) is 7.98. The molecule has 4 aromatic rings. The van der Waals surface area contributed by atoms with E-state index in [1.807, 2.05) is 54.0 Å². The number of nitrogens with zero attached hydrogens (tertiary/aromatic N) is 4. The molecule has 0 radical (unpaired) electrons. The molecule has 0 saturated heterocycles. The molecule has 4 rings (SSSR count). The fourth-order valence-corrected chi connectivity index (χ4v) is 4.48. The zero-order valence-corrected chi connectivity index (χ0v) is 20.7. The molecule has 0 bridgehead atoms. The van der Waals surface area contributed by atoms with E-state index >= 15 is 0 Å². The van der Waals surface area contributed by atoms with Crippen molar-refractivity contribution in [3.05, 3.63) is 83.1 Å². The molecule has 6 nitrogen and oxygen atoms in total. The Morgan fingerprint density at radius 3 is 2.56 bits per heavy atom. The largest absolute Gasteiger partial charge is 0.325 e. The summed E-state index contributed by atoms with van der Waals surface area (Å²) in [5.74, 6) is 0.763. The van der Waals surface area contributed by atoms with Gasteiger partial charge >= 0.3 is 0 Å². The van der Waals surface area contributed by atoms with Crippen LogP contribution in [0.3, 0.4) is 0 Å². The van der Waals surface area contributed by atoms with Crippen LogP contribution in [0.25, 0.3) is 17.1 Å². The molecular weight excluding hydrogens is 466 g/mol. The number of aryl methyl sites for hydroxylation is 1. The van der Waals surface area contributed by atoms with E-state index in [0.29, 0.717) is 16.0 Å². The third-order valence-electron chi connectivity index (χ3n) is 5.44. The number of carbonyl (C=O) groups is 1. The highest BCUT2D eigenvalue weighted by Gasteiger charge is 2.19. The minimum atomic E-state index is -0.103. The Morgan fingerprint density at radius 1 is 1.06 bits per heavy atom. The Labute approximate surface area is 208 Å². The van der Waals surface area contributed by atoms with E-state index in [0.717, 1.165) is 41.8 Å². The number of thioether (sulfide) groups is 1. The molecule has 2 aromatic heterocycles. The van der Waals surface area contributed by atoms with Crippen LogP contribution in [0, 0.1) is 6.92 Å². The first-order chi connectivity index (χ1) is 16.6. The molecule has 0 unspecified atom stereocenters. The predicted octanol–water partition coefficient (Wildman–Crippen LogP) is 6.36. The number of carbonyl (C=O) groups excluding carboxylic acids is 1. The van der Waals surface area contributed by atoms with Crippen LogP contribution in [0.5, 0.6) is 0 Å². The predicted molar refractivity (Wildman–Crippen MR) is 139 cm³/mol. The number of halogens is 1. The minimum absolute atomic E-state index is 0.103. The molecule has 1 amide bonds. The number of unbranched alkanes of at least 4 members (excludes halogenated alkanes) is 1. The lowest BCUT2D eigenvalue weighted by molar-refractivity contribution is -0.113. The minimum Gasteiger partial charge on any atom is -0.325 e. The fourth-order valence-electron chi connectivity index (χ4n) is 3.57. The topological polar surface area (TPSA) is 72.7 Å². The van der Waals surface area contributed by atoms with Gasteiger partial charge in [0.25, 0.3) is 0 Å². The summed E-state index contributed by atoms with van der Waals surface area (Å²) in [5.41, 5.74) is 4.73. The van der Waals surface area contributed by atoms with Gasteiger partial charge < -0.3 is 5.32 Å². The fraction of sp³-hybridized carbons (Fsp3) is 0.231. The van der Waals surface area contributed by atoms with Gasteiger partial charge in [0.2, 0.25) is 5.91 Å². The van der Waals surface area contributed by atoms with Gasteiger partial charge in [-0.3, -0.25) is 14.3 Å². The molecule has 0 atom stereocenters. The Bertz CT molecular complexity index is 1260. The average molecular weight is 492 g/mol. The maximum Gasteiger partial charge on any atom is 0.234 e. The van der Waals surface area contributed by atoms with Gasteiger partial charge in [-0.1, -0.05) is 54.9 Å². The quantitative estimate of drug-likeness (QED) is 0.275. The number of benzene rings is 2. The van der Waals surface area contributed by atoms with Crippen LogP contribution in [0.15, 0.2) is 72.1 Å². The van der Waals surface area contributed by atoms with Gasteiger partial charge in [0.1, 0.15) is 0 Å². The van der Waals surface area contributed by atoms with Gasteiger partial charge in [-0.05, 0) is 67.3 Å². The second-order valence-electron chi connectivity index (χ2n) is 7.90. The summed E-state index contributed by atoms with van der Waals surface area (Å²) in [6, 6.07) is 17.5. The van der Waals surface area contributed by atoms with Gasteiger partial charge in [-0.2, -0.15) is 0 Å². The van der Waals surface area contributed by atoms with Crippen molar-refractivity contribution in [3.8, 4) is 17.1 Å². The smallest absolute Gasteiger partial charge is 0.234 e. The van der Waals surface area contributed by atoms with Crippen LogP contribution >= 0.6 is 23.4 Å². The normalized spacial score (nSPS) is 10.9. The SMILES string of the molecule is CCCCc1ccc(NC(=O)CSc2nnc(-c3ccncc3)n2-c2cccc(Cl)c2C)cc1. The van der Waals surface area contributed by atoms with Gasteiger partial charge in [-0.15, -0.1) is 10.2 Å². The molecule has 1 N–H and O–H groups in total. The van der Waals surface area contributed by atoms with E-state index in [2.05, 4.69) is 39.6 Å². The van der Waals surface area contributed by atoms with Crippen LogP contribution in [-0.4, -0.2) is 31.4 Å². The molecule has 0 spiro atoms. The summed E-state index contributed by atoms with van der Waals surface area (Å²) in [7, 11) is 0. The van der Waals surface area contributed by atoms with Gasteiger partial charge in [-0.25, -0.2) is 0 Å². The molecule has 34 heavy (non-hydrogen) atoms. The zero-order valence-electron chi connectivity index (χ0n) is 19.2. The molecule has 0 aliphatic heterocycles. The van der Waals surface area contributed by atoms with Crippen molar-refractivity contribution in [2.75, 3.05) is 11.1 Å². The van der Waals surface area contributed by atoms with Crippen molar-refractivity contribution in [3.63, 3.8) is 0 Å². The molecule has 0 fully saturated rings. The summed E-state index contributed by atoms with van der Waals surface area (Å²) in [5, 5.41) is 13.0. The van der Waals surface area contributed by atoms with Crippen molar-refractivity contribution in [2.45, 2.75) is 38.3 Å². The third-order valence-corrected chi connectivity index (χ3v) is 6.78. The van der Waals surface area contributed by atoms with Crippen molar-refractivity contribution < 1.29 is 4.79 Å². The molecule has 2 aromatic carbocycles. The van der Waals surface area contributed by atoms with Crippen LogP contribution in [-0.2, 0) is 11.2 Å². The Balaban J connectivity index is 1.53. The number of hydrogen-bond acceptors (Lipinski definition) is 5. The molecule has 8 heteroatoms. The van der Waals surface area contributed by atoms with E-state index in [9.17, 15) is 4.79 Å². The Hall–Kier alpha value is -3.16. The van der Waals surface area contributed by atoms with Gasteiger partial charge in [0, 0.05) is 28.7 Å². The molecule has 174 valence electrons. The lowest BCUT2D eigenvalue weighted by Crippen LogP contribution is -2.14. The van der Waals surface area contributed by atoms with E-state index in [1.54, 1.807) is 12.4 Å².